The first-order chi connectivity index (χ1) is 12.9. The molecule has 6 heteroatoms. The van der Waals surface area contributed by atoms with E-state index in [1.807, 2.05) is 42.7 Å². The fraction of sp³-hybridized carbons (Fsp3) is 0.350. The molecule has 0 fully saturated rings. The minimum absolute atomic E-state index is 0.378. The van der Waals surface area contributed by atoms with Gasteiger partial charge >= 0.3 is 0 Å². The summed E-state index contributed by atoms with van der Waals surface area (Å²) in [6, 6.07) is 14.1. The van der Waals surface area contributed by atoms with Crippen LogP contribution in [0.1, 0.15) is 17.1 Å². The van der Waals surface area contributed by atoms with E-state index in [2.05, 4.69) is 36.8 Å². The van der Waals surface area contributed by atoms with Crippen molar-refractivity contribution in [2.45, 2.75) is 26.2 Å². The summed E-state index contributed by atoms with van der Waals surface area (Å²) in [5.74, 6) is 0.378. The molecule has 1 aliphatic rings. The molecular weight excluding hydrogens is 326 g/mol. The predicted octanol–water partition coefficient (Wildman–Crippen LogP) is 2.52. The summed E-state index contributed by atoms with van der Waals surface area (Å²) in [4.78, 5) is 11.2. The maximum atomic E-state index is 5.96. The van der Waals surface area contributed by atoms with Gasteiger partial charge in [-0.3, -0.25) is 19.5 Å². The van der Waals surface area contributed by atoms with Crippen LogP contribution in [0.15, 0.2) is 61.1 Å². The van der Waals surface area contributed by atoms with Crippen LogP contribution in [0.25, 0.3) is 0 Å². The van der Waals surface area contributed by atoms with Gasteiger partial charge in [0.2, 0.25) is 0 Å². The number of rotatable bonds is 6. The van der Waals surface area contributed by atoms with Gasteiger partial charge in [-0.05, 0) is 30.3 Å². The van der Waals surface area contributed by atoms with Crippen LogP contribution in [-0.2, 0) is 31.0 Å². The Hall–Kier alpha value is -2.57. The zero-order chi connectivity index (χ0) is 17.6. The first kappa shape index (κ1) is 16.9. The van der Waals surface area contributed by atoms with Gasteiger partial charge in [-0.1, -0.05) is 12.1 Å². The van der Waals surface area contributed by atoms with Gasteiger partial charge < -0.3 is 4.74 Å². The summed E-state index contributed by atoms with van der Waals surface area (Å²) >= 11 is 0. The molecule has 134 valence electrons. The van der Waals surface area contributed by atoms with Crippen molar-refractivity contribution < 1.29 is 4.74 Å². The third kappa shape index (κ3) is 4.33. The summed E-state index contributed by atoms with van der Waals surface area (Å²) in [7, 11) is 0. The molecule has 1 atom stereocenters. The highest BCUT2D eigenvalue weighted by Crippen LogP contribution is 2.18. The summed E-state index contributed by atoms with van der Waals surface area (Å²) < 4.78 is 8.06. The van der Waals surface area contributed by atoms with E-state index in [1.165, 1.54) is 5.69 Å². The molecule has 0 radical (unpaired) electrons. The quantitative estimate of drug-likeness (QED) is 0.684. The van der Waals surface area contributed by atoms with Gasteiger partial charge in [-0.2, -0.15) is 5.10 Å². The Morgan fingerprint density at radius 1 is 0.923 bits per heavy atom. The van der Waals surface area contributed by atoms with Crippen LogP contribution in [0.3, 0.4) is 0 Å². The van der Waals surface area contributed by atoms with Gasteiger partial charge in [-0.15, -0.1) is 0 Å². The van der Waals surface area contributed by atoms with Crippen LogP contribution in [0.2, 0.25) is 0 Å². The average Bonchev–Trinajstić information content (AvgIpc) is 3.03. The van der Waals surface area contributed by atoms with Gasteiger partial charge in [0.25, 0.3) is 0 Å². The second-order valence-corrected chi connectivity index (χ2v) is 6.70. The highest BCUT2D eigenvalue weighted by atomic mass is 16.5. The van der Waals surface area contributed by atoms with Crippen molar-refractivity contribution in [1.82, 2.24) is 24.6 Å². The summed E-state index contributed by atoms with van der Waals surface area (Å²) in [5, 5.41) is 4.48. The summed E-state index contributed by atoms with van der Waals surface area (Å²) in [5.41, 5.74) is 3.30. The van der Waals surface area contributed by atoms with Crippen LogP contribution in [-0.4, -0.2) is 37.8 Å². The lowest BCUT2D eigenvalue weighted by molar-refractivity contribution is 0.0638. The summed E-state index contributed by atoms with van der Waals surface area (Å²) in [6.07, 6.45) is 5.53. The van der Waals surface area contributed by atoms with Gasteiger partial charge in [0.1, 0.15) is 0 Å². The zero-order valence-corrected chi connectivity index (χ0v) is 14.7. The Balaban J connectivity index is 1.40. The van der Waals surface area contributed by atoms with E-state index in [4.69, 9.17) is 4.74 Å². The minimum atomic E-state index is 0.378. The number of hydrogen-bond donors (Lipinski definition) is 0. The molecule has 0 saturated carbocycles. The molecule has 0 N–H and O–H groups in total. The monoisotopic (exact) mass is 349 g/mol. The van der Waals surface area contributed by atoms with Gasteiger partial charge in [0, 0.05) is 50.7 Å². The Labute approximate surface area is 153 Å². The van der Waals surface area contributed by atoms with Crippen molar-refractivity contribution in [3.8, 4) is 0 Å². The summed E-state index contributed by atoms with van der Waals surface area (Å²) in [6.45, 7) is 4.79. The number of aromatic nitrogens is 4. The van der Waals surface area contributed by atoms with Crippen molar-refractivity contribution in [3.63, 3.8) is 0 Å². The molecule has 4 heterocycles. The topological polar surface area (TPSA) is 56.1 Å². The maximum absolute atomic E-state index is 5.96. The van der Waals surface area contributed by atoms with Crippen molar-refractivity contribution >= 4 is 0 Å². The van der Waals surface area contributed by atoms with E-state index in [0.29, 0.717) is 19.1 Å². The van der Waals surface area contributed by atoms with Crippen molar-refractivity contribution in [2.24, 2.45) is 5.92 Å². The van der Waals surface area contributed by atoms with E-state index in [1.54, 1.807) is 6.20 Å². The number of ether oxygens (including phenoxy) is 1. The highest BCUT2D eigenvalue weighted by Gasteiger charge is 2.23. The van der Waals surface area contributed by atoms with E-state index in [9.17, 15) is 0 Å². The molecule has 26 heavy (non-hydrogen) atoms. The van der Waals surface area contributed by atoms with Crippen LogP contribution in [0.4, 0.5) is 0 Å². The van der Waals surface area contributed by atoms with E-state index < -0.39 is 0 Å². The molecule has 1 aliphatic heterocycles. The molecule has 0 spiro atoms. The van der Waals surface area contributed by atoms with Crippen molar-refractivity contribution in [3.05, 3.63) is 78.1 Å². The molecule has 3 aromatic heterocycles. The third-order valence-corrected chi connectivity index (χ3v) is 4.58. The molecule has 0 aromatic carbocycles. The number of nitrogens with zero attached hydrogens (tertiary/aromatic N) is 5. The first-order valence-electron chi connectivity index (χ1n) is 8.97. The fourth-order valence-electron chi connectivity index (χ4n) is 3.38. The molecule has 4 rings (SSSR count). The molecule has 0 unspecified atom stereocenters. The van der Waals surface area contributed by atoms with E-state index in [0.717, 1.165) is 37.6 Å². The Morgan fingerprint density at radius 3 is 2.50 bits per heavy atom. The molecule has 0 aliphatic carbocycles. The van der Waals surface area contributed by atoms with E-state index >= 15 is 0 Å². The molecular formula is C20H23N5O. The largest absolute Gasteiger partial charge is 0.375 e. The van der Waals surface area contributed by atoms with Crippen LogP contribution < -0.4 is 0 Å². The molecule has 3 aromatic rings. The molecule has 0 amide bonds. The van der Waals surface area contributed by atoms with Gasteiger partial charge in [0.15, 0.2) is 0 Å². The molecule has 0 saturated heterocycles. The lowest BCUT2D eigenvalue weighted by Gasteiger charge is -2.23. The first-order valence-corrected chi connectivity index (χ1v) is 8.97. The fourth-order valence-corrected chi connectivity index (χ4v) is 3.38. The molecule has 6 nitrogen and oxygen atoms in total. The second-order valence-electron chi connectivity index (χ2n) is 6.70. The van der Waals surface area contributed by atoms with Crippen molar-refractivity contribution in [2.75, 3.05) is 13.2 Å². The smallest absolute Gasteiger partial charge is 0.0887 e. The normalized spacial score (nSPS) is 17.6. The van der Waals surface area contributed by atoms with Crippen LogP contribution in [0.5, 0.6) is 0 Å². The second kappa shape index (κ2) is 8.21. The lowest BCUT2D eigenvalue weighted by atomic mass is 10.1. The maximum Gasteiger partial charge on any atom is 0.0887 e. The Bertz CT molecular complexity index is 805. The van der Waals surface area contributed by atoms with Crippen molar-refractivity contribution in [1.29, 1.82) is 0 Å². The van der Waals surface area contributed by atoms with Gasteiger partial charge in [0.05, 0.1) is 30.3 Å². The van der Waals surface area contributed by atoms with Crippen LogP contribution >= 0.6 is 0 Å². The highest BCUT2D eigenvalue weighted by molar-refractivity contribution is 5.06. The predicted molar refractivity (Wildman–Crippen MR) is 98.0 cm³/mol. The minimum Gasteiger partial charge on any atom is -0.375 e. The standard InChI is InChI=1S/C20H23N5O/c1-3-8-21-18(5-1)13-24-11-17(12-25-20(14-24)7-10-23-25)15-26-16-19-6-2-4-9-22-19/h1-10,17H,11-16H2/t17-/m0/s1. The number of pyridine rings is 2. The lowest BCUT2D eigenvalue weighted by Crippen LogP contribution is -2.30. The van der Waals surface area contributed by atoms with E-state index in [-0.39, 0.29) is 0 Å². The number of fused-ring (bicyclic) bond motifs is 1. The number of hydrogen-bond acceptors (Lipinski definition) is 5. The Kier molecular flexibility index (Phi) is 5.33. The molecule has 0 bridgehead atoms. The Morgan fingerprint density at radius 2 is 1.73 bits per heavy atom. The van der Waals surface area contributed by atoms with Crippen LogP contribution in [0, 0.1) is 5.92 Å². The zero-order valence-electron chi connectivity index (χ0n) is 14.7. The third-order valence-electron chi connectivity index (χ3n) is 4.58. The SMILES string of the molecule is c1ccc(COC[C@H]2CN(Cc3ccccn3)Cc3ccnn3C2)nc1. The average molecular weight is 349 g/mol. The van der Waals surface area contributed by atoms with Gasteiger partial charge in [-0.25, -0.2) is 0 Å².